The molecule has 1 aliphatic heterocycles. The summed E-state index contributed by atoms with van der Waals surface area (Å²) in [5, 5.41) is 12.4. The van der Waals surface area contributed by atoms with Gasteiger partial charge in [-0.05, 0) is 36.5 Å². The highest BCUT2D eigenvalue weighted by Gasteiger charge is 2.39. The molecule has 1 fully saturated rings. The monoisotopic (exact) mass is 354 g/mol. The van der Waals surface area contributed by atoms with Crippen molar-refractivity contribution in [3.63, 3.8) is 0 Å². The summed E-state index contributed by atoms with van der Waals surface area (Å²) >= 11 is 0. The molecule has 0 bridgehead atoms. The van der Waals surface area contributed by atoms with Crippen molar-refractivity contribution < 1.29 is 19.4 Å². The molecule has 6 nitrogen and oxygen atoms in total. The molecule has 2 N–H and O–H groups in total. The Hall–Kier alpha value is -2.81. The second kappa shape index (κ2) is 8.05. The number of nitrogens with one attached hydrogen (secondary N) is 1. The molecule has 1 aliphatic carbocycles. The maximum Gasteiger partial charge on any atom is 0.342 e. The second-order valence-corrected chi connectivity index (χ2v) is 6.78. The van der Waals surface area contributed by atoms with E-state index < -0.39 is 24.0 Å². The van der Waals surface area contributed by atoms with Gasteiger partial charge < -0.3 is 15.2 Å². The number of hydrogen-bond acceptors (Lipinski definition) is 4. The lowest BCUT2D eigenvalue weighted by Gasteiger charge is -2.30. The molecule has 1 aromatic carbocycles. The molecule has 3 rings (SSSR count). The minimum Gasteiger partial charge on any atom is -0.508 e. The molecule has 0 radical (unpaired) electrons. The number of aliphatic imine (C=N–C) groups is 1. The SMILES string of the molecule is C#CC1=NC(=O)NC(c2cccc(O)c2)C1C(=O)OCC1CCCCC1. The predicted octanol–water partition coefficient (Wildman–Crippen LogP) is 2.97. The fraction of sp³-hybridized carbons (Fsp3) is 0.450. The largest absolute Gasteiger partial charge is 0.508 e. The lowest BCUT2D eigenvalue weighted by molar-refractivity contribution is -0.148. The fourth-order valence-corrected chi connectivity index (χ4v) is 3.59. The van der Waals surface area contributed by atoms with Crippen LogP contribution in [0.4, 0.5) is 4.79 Å². The normalized spacial score (nSPS) is 23.5. The van der Waals surface area contributed by atoms with Crippen LogP contribution in [0.3, 0.4) is 0 Å². The smallest absolute Gasteiger partial charge is 0.342 e. The molecule has 1 aromatic rings. The zero-order valence-electron chi connectivity index (χ0n) is 14.5. The number of terminal acetylenes is 1. The molecule has 2 amide bonds. The van der Waals surface area contributed by atoms with Gasteiger partial charge >= 0.3 is 12.0 Å². The van der Waals surface area contributed by atoms with Crippen LogP contribution in [0.2, 0.25) is 0 Å². The lowest BCUT2D eigenvalue weighted by Crippen LogP contribution is -2.45. The highest BCUT2D eigenvalue weighted by atomic mass is 16.5. The molecule has 26 heavy (non-hydrogen) atoms. The molecule has 6 heteroatoms. The summed E-state index contributed by atoms with van der Waals surface area (Å²) in [6.07, 6.45) is 11.1. The summed E-state index contributed by atoms with van der Waals surface area (Å²) in [7, 11) is 0. The zero-order valence-corrected chi connectivity index (χ0v) is 14.5. The van der Waals surface area contributed by atoms with Gasteiger partial charge in [-0.1, -0.05) is 37.3 Å². The zero-order chi connectivity index (χ0) is 18.5. The van der Waals surface area contributed by atoms with E-state index in [1.807, 2.05) is 0 Å². The van der Waals surface area contributed by atoms with Crippen LogP contribution >= 0.6 is 0 Å². The average molecular weight is 354 g/mol. The summed E-state index contributed by atoms with van der Waals surface area (Å²) in [5.74, 6) is 1.35. The van der Waals surface area contributed by atoms with Crippen LogP contribution in [-0.4, -0.2) is 29.4 Å². The van der Waals surface area contributed by atoms with Gasteiger partial charge in [0, 0.05) is 0 Å². The number of aromatic hydroxyl groups is 1. The van der Waals surface area contributed by atoms with E-state index in [1.165, 1.54) is 18.6 Å². The number of hydrogen-bond donors (Lipinski definition) is 2. The first-order valence-corrected chi connectivity index (χ1v) is 8.89. The van der Waals surface area contributed by atoms with Crippen LogP contribution < -0.4 is 5.32 Å². The Bertz CT molecular complexity index is 759. The maximum atomic E-state index is 12.8. The van der Waals surface area contributed by atoms with Crippen LogP contribution in [0.15, 0.2) is 29.3 Å². The number of benzene rings is 1. The molecule has 0 spiro atoms. The molecule has 2 atom stereocenters. The number of urea groups is 1. The van der Waals surface area contributed by atoms with Gasteiger partial charge in [0.05, 0.1) is 12.6 Å². The summed E-state index contributed by atoms with van der Waals surface area (Å²) in [6.45, 7) is 0.355. The molecular formula is C20H22N2O4. The van der Waals surface area contributed by atoms with Gasteiger partial charge in [0.15, 0.2) is 0 Å². The first-order valence-electron chi connectivity index (χ1n) is 8.89. The van der Waals surface area contributed by atoms with Crippen LogP contribution in [0, 0.1) is 24.2 Å². The molecule has 1 saturated carbocycles. The highest BCUT2D eigenvalue weighted by Crippen LogP contribution is 2.30. The first kappa shape index (κ1) is 18.0. The minimum atomic E-state index is -0.900. The van der Waals surface area contributed by atoms with Crippen LogP contribution in [0.1, 0.15) is 43.7 Å². The van der Waals surface area contributed by atoms with Gasteiger partial charge in [-0.15, -0.1) is 6.42 Å². The Labute approximate surface area is 152 Å². The van der Waals surface area contributed by atoms with Crippen molar-refractivity contribution in [1.82, 2.24) is 5.32 Å². The van der Waals surface area contributed by atoms with Crippen molar-refractivity contribution in [3.05, 3.63) is 29.8 Å². The number of phenols is 1. The van der Waals surface area contributed by atoms with Gasteiger partial charge in [-0.3, -0.25) is 4.79 Å². The van der Waals surface area contributed by atoms with E-state index in [2.05, 4.69) is 16.2 Å². The van der Waals surface area contributed by atoms with Crippen molar-refractivity contribution in [1.29, 1.82) is 0 Å². The number of carbonyl (C=O) groups is 2. The standard InChI is InChI=1S/C20H22N2O4/c1-2-16-17(19(24)26-12-13-7-4-3-5-8-13)18(22-20(25)21-16)14-9-6-10-15(23)11-14/h1,6,9-11,13,17-18,23H,3-5,7-8,12H2,(H,22,25). The van der Waals surface area contributed by atoms with Crippen LogP contribution in [0.25, 0.3) is 0 Å². The van der Waals surface area contributed by atoms with Crippen molar-refractivity contribution in [3.8, 4) is 18.1 Å². The lowest BCUT2D eigenvalue weighted by atomic mass is 9.87. The van der Waals surface area contributed by atoms with Crippen LogP contribution in [-0.2, 0) is 9.53 Å². The van der Waals surface area contributed by atoms with E-state index in [0.29, 0.717) is 18.1 Å². The second-order valence-electron chi connectivity index (χ2n) is 6.78. The Morgan fingerprint density at radius 1 is 1.35 bits per heavy atom. The number of phenolic OH excluding ortho intramolecular Hbond substituents is 1. The number of esters is 1. The maximum absolute atomic E-state index is 12.8. The van der Waals surface area contributed by atoms with E-state index in [0.717, 1.165) is 25.7 Å². The van der Waals surface area contributed by atoms with E-state index in [4.69, 9.17) is 11.2 Å². The Balaban J connectivity index is 1.81. The van der Waals surface area contributed by atoms with E-state index in [-0.39, 0.29) is 11.5 Å². The van der Waals surface area contributed by atoms with Crippen molar-refractivity contribution >= 4 is 17.7 Å². The number of rotatable bonds is 4. The van der Waals surface area contributed by atoms with Gasteiger partial charge in [-0.25, -0.2) is 4.79 Å². The third-order valence-corrected chi connectivity index (χ3v) is 4.95. The van der Waals surface area contributed by atoms with Gasteiger partial charge in [0.25, 0.3) is 0 Å². The Kier molecular flexibility index (Phi) is 5.57. The van der Waals surface area contributed by atoms with Crippen molar-refractivity contribution in [2.75, 3.05) is 6.61 Å². The van der Waals surface area contributed by atoms with E-state index >= 15 is 0 Å². The quantitative estimate of drug-likeness (QED) is 0.643. The number of ether oxygens (including phenoxy) is 1. The summed E-state index contributed by atoms with van der Waals surface area (Å²) < 4.78 is 5.54. The summed E-state index contributed by atoms with van der Waals surface area (Å²) in [6, 6.07) is 5.03. The molecular weight excluding hydrogens is 332 g/mol. The average Bonchev–Trinajstić information content (AvgIpc) is 2.66. The molecule has 1 heterocycles. The highest BCUT2D eigenvalue weighted by molar-refractivity contribution is 6.17. The van der Waals surface area contributed by atoms with Gasteiger partial charge in [0.2, 0.25) is 0 Å². The molecule has 2 unspecified atom stereocenters. The number of nitrogens with zero attached hydrogens (tertiary/aromatic N) is 1. The van der Waals surface area contributed by atoms with Crippen molar-refractivity contribution in [2.45, 2.75) is 38.1 Å². The van der Waals surface area contributed by atoms with Gasteiger partial charge in [-0.2, -0.15) is 4.99 Å². The summed E-state index contributed by atoms with van der Waals surface area (Å²) in [5.41, 5.74) is 0.622. The van der Waals surface area contributed by atoms with E-state index in [1.54, 1.807) is 12.1 Å². The topological polar surface area (TPSA) is 88.0 Å². The van der Waals surface area contributed by atoms with Gasteiger partial charge in [0.1, 0.15) is 17.4 Å². The Morgan fingerprint density at radius 3 is 2.81 bits per heavy atom. The molecule has 2 aliphatic rings. The molecule has 136 valence electrons. The third kappa shape index (κ3) is 4.05. The summed E-state index contributed by atoms with van der Waals surface area (Å²) in [4.78, 5) is 28.4. The van der Waals surface area contributed by atoms with Crippen molar-refractivity contribution in [2.24, 2.45) is 16.8 Å². The third-order valence-electron chi connectivity index (χ3n) is 4.95. The molecule has 0 saturated heterocycles. The van der Waals surface area contributed by atoms with E-state index in [9.17, 15) is 14.7 Å². The predicted molar refractivity (Wildman–Crippen MR) is 96.7 cm³/mol. The number of amides is 2. The fourth-order valence-electron chi connectivity index (χ4n) is 3.59. The molecule has 0 aromatic heterocycles. The first-order chi connectivity index (χ1) is 12.6. The minimum absolute atomic E-state index is 0.0378. The van der Waals surface area contributed by atoms with Crippen LogP contribution in [0.5, 0.6) is 5.75 Å². The Morgan fingerprint density at radius 2 is 2.12 bits per heavy atom. The number of carbonyl (C=O) groups excluding carboxylic acids is 2.